The first-order chi connectivity index (χ1) is 15.1. The van der Waals surface area contributed by atoms with Gasteiger partial charge in [0, 0.05) is 24.9 Å². The van der Waals surface area contributed by atoms with E-state index in [-0.39, 0.29) is 18.4 Å². The van der Waals surface area contributed by atoms with E-state index in [4.69, 9.17) is 4.74 Å². The van der Waals surface area contributed by atoms with Gasteiger partial charge in [0.15, 0.2) is 5.60 Å². The van der Waals surface area contributed by atoms with Gasteiger partial charge in [0.2, 0.25) is 5.91 Å². The van der Waals surface area contributed by atoms with Crippen LogP contribution >= 0.6 is 11.3 Å². The van der Waals surface area contributed by atoms with Gasteiger partial charge in [-0.1, -0.05) is 60.7 Å². The molecule has 1 aliphatic heterocycles. The minimum atomic E-state index is -1.09. The van der Waals surface area contributed by atoms with Gasteiger partial charge in [0.25, 0.3) is 5.91 Å². The highest BCUT2D eigenvalue weighted by molar-refractivity contribution is 7.13. The van der Waals surface area contributed by atoms with Crippen molar-refractivity contribution < 1.29 is 14.3 Å². The third kappa shape index (κ3) is 4.86. The normalized spacial score (nSPS) is 18.5. The molecule has 160 valence electrons. The first-order valence-electron chi connectivity index (χ1n) is 10.4. The van der Waals surface area contributed by atoms with Crippen molar-refractivity contribution in [1.29, 1.82) is 0 Å². The van der Waals surface area contributed by atoms with Crippen molar-refractivity contribution in [3.05, 3.63) is 83.2 Å². The summed E-state index contributed by atoms with van der Waals surface area (Å²) in [5.41, 5.74) is 2.02. The van der Waals surface area contributed by atoms with Crippen LogP contribution in [0.4, 0.5) is 0 Å². The number of rotatable bonds is 6. The number of amides is 2. The van der Waals surface area contributed by atoms with Crippen LogP contribution in [0.25, 0.3) is 10.4 Å². The fourth-order valence-corrected chi connectivity index (χ4v) is 4.72. The smallest absolute Gasteiger partial charge is 0.254 e. The van der Waals surface area contributed by atoms with Crippen molar-refractivity contribution in [1.82, 2.24) is 10.2 Å². The summed E-state index contributed by atoms with van der Waals surface area (Å²) in [4.78, 5) is 28.8. The number of carbonyl (C=O) groups is 2. The van der Waals surface area contributed by atoms with E-state index in [2.05, 4.69) is 28.9 Å². The molecule has 2 amide bonds. The molecule has 0 bridgehead atoms. The van der Waals surface area contributed by atoms with Crippen molar-refractivity contribution in [3.8, 4) is 10.4 Å². The average Bonchev–Trinajstić information content (AvgIpc) is 3.35. The maximum Gasteiger partial charge on any atom is 0.254 e. The number of thiophene rings is 1. The van der Waals surface area contributed by atoms with E-state index in [0.29, 0.717) is 26.0 Å². The zero-order valence-corrected chi connectivity index (χ0v) is 18.4. The zero-order chi connectivity index (χ0) is 21.7. The van der Waals surface area contributed by atoms with Crippen molar-refractivity contribution in [2.45, 2.75) is 18.4 Å². The van der Waals surface area contributed by atoms with Gasteiger partial charge in [-0.25, -0.2) is 0 Å². The Kier molecular flexibility index (Phi) is 6.49. The first-order valence-corrected chi connectivity index (χ1v) is 11.3. The Labute approximate surface area is 186 Å². The summed E-state index contributed by atoms with van der Waals surface area (Å²) in [6.45, 7) is 1.06. The molecule has 1 aliphatic rings. The maximum atomic E-state index is 12.9. The Morgan fingerprint density at radius 1 is 1.03 bits per heavy atom. The lowest BCUT2D eigenvalue weighted by Gasteiger charge is -2.41. The van der Waals surface area contributed by atoms with Gasteiger partial charge in [0.1, 0.15) is 0 Å². The molecule has 2 heterocycles. The molecule has 1 atom stereocenters. The lowest BCUT2D eigenvalue weighted by atomic mass is 9.90. The monoisotopic (exact) mass is 434 g/mol. The largest absolute Gasteiger partial charge is 0.361 e. The zero-order valence-electron chi connectivity index (χ0n) is 17.5. The lowest BCUT2D eigenvalue weighted by molar-refractivity contribution is -0.165. The SMILES string of the molecule is CNC(=O)C1(Cc2ccc(-c3cccs3)cc2)CN(C(=O)Cc2ccccc2)CCO1. The predicted molar refractivity (Wildman–Crippen MR) is 123 cm³/mol. The first kappa shape index (κ1) is 21.3. The quantitative estimate of drug-likeness (QED) is 0.646. The molecule has 2 aromatic carbocycles. The van der Waals surface area contributed by atoms with E-state index in [1.54, 1.807) is 23.3 Å². The van der Waals surface area contributed by atoms with Crippen LogP contribution in [-0.4, -0.2) is 49.1 Å². The molecule has 1 aromatic heterocycles. The number of hydrogen-bond acceptors (Lipinski definition) is 4. The Bertz CT molecular complexity index is 1020. The van der Waals surface area contributed by atoms with Gasteiger partial charge in [0.05, 0.1) is 19.6 Å². The number of benzene rings is 2. The van der Waals surface area contributed by atoms with Crippen LogP contribution in [0.15, 0.2) is 72.1 Å². The van der Waals surface area contributed by atoms with Gasteiger partial charge >= 0.3 is 0 Å². The number of carbonyl (C=O) groups excluding carboxylic acids is 2. The molecule has 1 saturated heterocycles. The fourth-order valence-electron chi connectivity index (χ4n) is 3.99. The summed E-state index contributed by atoms with van der Waals surface area (Å²) in [5.74, 6) is -0.192. The summed E-state index contributed by atoms with van der Waals surface area (Å²) in [7, 11) is 1.61. The minimum Gasteiger partial charge on any atom is -0.361 e. The van der Waals surface area contributed by atoms with E-state index in [0.717, 1.165) is 16.7 Å². The molecule has 0 spiro atoms. The second kappa shape index (κ2) is 9.45. The molecular weight excluding hydrogens is 408 g/mol. The van der Waals surface area contributed by atoms with Crippen LogP contribution in [0, 0.1) is 0 Å². The molecule has 5 nitrogen and oxygen atoms in total. The third-order valence-electron chi connectivity index (χ3n) is 5.63. The summed E-state index contributed by atoms with van der Waals surface area (Å²) in [6.07, 6.45) is 0.729. The Hall–Kier alpha value is -2.96. The molecule has 1 fully saturated rings. The Morgan fingerprint density at radius 2 is 1.81 bits per heavy atom. The van der Waals surface area contributed by atoms with Crippen molar-refractivity contribution >= 4 is 23.2 Å². The van der Waals surface area contributed by atoms with Crippen LogP contribution < -0.4 is 5.32 Å². The highest BCUT2D eigenvalue weighted by Gasteiger charge is 2.44. The van der Waals surface area contributed by atoms with Gasteiger partial charge in [-0.15, -0.1) is 11.3 Å². The van der Waals surface area contributed by atoms with Gasteiger partial charge in [-0.3, -0.25) is 9.59 Å². The number of likely N-dealkylation sites (N-methyl/N-ethyl adjacent to an activating group) is 1. The van der Waals surface area contributed by atoms with Gasteiger partial charge in [-0.05, 0) is 28.1 Å². The number of ether oxygens (including phenoxy) is 1. The minimum absolute atomic E-state index is 0.0100. The Balaban J connectivity index is 1.51. The van der Waals surface area contributed by atoms with Crippen LogP contribution in [0.2, 0.25) is 0 Å². The highest BCUT2D eigenvalue weighted by atomic mass is 32.1. The molecule has 0 radical (unpaired) electrons. The summed E-state index contributed by atoms with van der Waals surface area (Å²) < 4.78 is 6.05. The molecule has 0 saturated carbocycles. The van der Waals surface area contributed by atoms with E-state index >= 15 is 0 Å². The van der Waals surface area contributed by atoms with Crippen LogP contribution in [0.3, 0.4) is 0 Å². The molecule has 1 N–H and O–H groups in total. The van der Waals surface area contributed by atoms with E-state index in [1.165, 1.54) is 4.88 Å². The molecule has 31 heavy (non-hydrogen) atoms. The Morgan fingerprint density at radius 3 is 2.48 bits per heavy atom. The number of nitrogens with one attached hydrogen (secondary N) is 1. The highest BCUT2D eigenvalue weighted by Crippen LogP contribution is 2.28. The lowest BCUT2D eigenvalue weighted by Crippen LogP contribution is -2.61. The van der Waals surface area contributed by atoms with Crippen molar-refractivity contribution in [3.63, 3.8) is 0 Å². The summed E-state index contributed by atoms with van der Waals surface area (Å²) in [5, 5.41) is 4.79. The fraction of sp³-hybridized carbons (Fsp3) is 0.280. The number of morpholine rings is 1. The second-order valence-electron chi connectivity index (χ2n) is 7.75. The van der Waals surface area contributed by atoms with E-state index in [9.17, 15) is 9.59 Å². The van der Waals surface area contributed by atoms with Crippen molar-refractivity contribution in [2.75, 3.05) is 26.7 Å². The standard InChI is InChI=1S/C25H26N2O3S/c1-26-24(29)25(17-20-9-11-21(12-10-20)22-8-5-15-31-22)18-27(13-14-30-25)23(28)16-19-6-3-2-4-7-19/h2-12,15H,13-14,16-18H2,1H3,(H,26,29). The molecule has 1 unspecified atom stereocenters. The molecule has 4 rings (SSSR count). The second-order valence-corrected chi connectivity index (χ2v) is 8.70. The number of nitrogens with zero attached hydrogens (tertiary/aromatic N) is 1. The maximum absolute atomic E-state index is 12.9. The molecular formula is C25H26N2O3S. The van der Waals surface area contributed by atoms with Crippen LogP contribution in [0.5, 0.6) is 0 Å². The van der Waals surface area contributed by atoms with E-state index < -0.39 is 5.60 Å². The van der Waals surface area contributed by atoms with Crippen molar-refractivity contribution in [2.24, 2.45) is 0 Å². The molecule has 3 aromatic rings. The summed E-state index contributed by atoms with van der Waals surface area (Å²) in [6, 6.07) is 22.0. The topological polar surface area (TPSA) is 58.6 Å². The number of hydrogen-bond donors (Lipinski definition) is 1. The van der Waals surface area contributed by atoms with Crippen LogP contribution in [0.1, 0.15) is 11.1 Å². The molecule has 0 aliphatic carbocycles. The van der Waals surface area contributed by atoms with Gasteiger partial charge < -0.3 is 15.0 Å². The van der Waals surface area contributed by atoms with Gasteiger partial charge in [-0.2, -0.15) is 0 Å². The molecule has 6 heteroatoms. The third-order valence-corrected chi connectivity index (χ3v) is 6.55. The average molecular weight is 435 g/mol. The van der Waals surface area contributed by atoms with Crippen LogP contribution in [-0.2, 0) is 27.2 Å². The van der Waals surface area contributed by atoms with E-state index in [1.807, 2.05) is 48.5 Å². The predicted octanol–water partition coefficient (Wildman–Crippen LogP) is 3.54. The summed E-state index contributed by atoms with van der Waals surface area (Å²) >= 11 is 1.70.